The number of hydrogen-bond acceptors (Lipinski definition) is 5. The summed E-state index contributed by atoms with van der Waals surface area (Å²) in [6.07, 6.45) is 10.6. The molecule has 2 heterocycles. The highest BCUT2D eigenvalue weighted by Gasteiger charge is 2.36. The fourth-order valence-electron chi connectivity index (χ4n) is 3.11. The molecule has 6 heteroatoms. The first-order chi connectivity index (χ1) is 13.3. The van der Waals surface area contributed by atoms with Crippen LogP contribution in [0.3, 0.4) is 0 Å². The van der Waals surface area contributed by atoms with Gasteiger partial charge in [0.15, 0.2) is 0 Å². The molecule has 4 rings (SSSR count). The molecule has 0 aliphatic heterocycles. The van der Waals surface area contributed by atoms with Crippen molar-refractivity contribution in [2.75, 3.05) is 0 Å². The predicted octanol–water partition coefficient (Wildman–Crippen LogP) is 3.55. The van der Waals surface area contributed by atoms with Crippen LogP contribution in [0.2, 0.25) is 0 Å². The summed E-state index contributed by atoms with van der Waals surface area (Å²) >= 11 is 0. The lowest BCUT2D eigenvalue weighted by molar-refractivity contribution is -0.154. The van der Waals surface area contributed by atoms with Gasteiger partial charge in [-0.05, 0) is 36.6 Å². The number of benzene rings is 1. The first kappa shape index (κ1) is 17.3. The highest BCUT2D eigenvalue weighted by molar-refractivity contribution is 5.73. The van der Waals surface area contributed by atoms with Gasteiger partial charge in [0.1, 0.15) is 19.0 Å². The number of pyridine rings is 1. The number of carbonyl (C=O) groups excluding carboxylic acids is 1. The summed E-state index contributed by atoms with van der Waals surface area (Å²) < 4.78 is 13.2. The number of esters is 1. The zero-order valence-corrected chi connectivity index (χ0v) is 14.9. The maximum absolute atomic E-state index is 12.2. The summed E-state index contributed by atoms with van der Waals surface area (Å²) in [6.45, 7) is 0.760. The Kier molecular flexibility index (Phi) is 5.14. The van der Waals surface area contributed by atoms with Crippen LogP contribution in [0.4, 0.5) is 0 Å². The van der Waals surface area contributed by atoms with Gasteiger partial charge in [-0.3, -0.25) is 9.78 Å². The summed E-state index contributed by atoms with van der Waals surface area (Å²) in [7, 11) is 0. The molecule has 0 spiro atoms. The van der Waals surface area contributed by atoms with E-state index in [4.69, 9.17) is 9.47 Å². The van der Waals surface area contributed by atoms with Crippen molar-refractivity contribution < 1.29 is 14.3 Å². The Bertz CT molecular complexity index is 857. The van der Waals surface area contributed by atoms with E-state index in [-0.39, 0.29) is 18.5 Å². The van der Waals surface area contributed by atoms with Gasteiger partial charge in [0.05, 0.1) is 12.2 Å². The largest absolute Gasteiger partial charge is 0.489 e. The summed E-state index contributed by atoms with van der Waals surface area (Å²) in [4.78, 5) is 20.3. The number of hydrogen-bond donors (Lipinski definition) is 0. The second-order valence-electron chi connectivity index (χ2n) is 6.73. The fourth-order valence-corrected chi connectivity index (χ4v) is 3.11. The normalized spacial score (nSPS) is 18.5. The molecule has 0 atom stereocenters. The summed E-state index contributed by atoms with van der Waals surface area (Å²) in [5.74, 6) is 0.638. The summed E-state index contributed by atoms with van der Waals surface area (Å²) in [6, 6.07) is 11.8. The molecule has 0 amide bonds. The van der Waals surface area contributed by atoms with Crippen LogP contribution in [0.1, 0.15) is 30.0 Å². The van der Waals surface area contributed by atoms with Crippen molar-refractivity contribution in [3.63, 3.8) is 0 Å². The van der Waals surface area contributed by atoms with E-state index in [1.807, 2.05) is 47.2 Å². The molecule has 0 saturated heterocycles. The van der Waals surface area contributed by atoms with Gasteiger partial charge in [0.25, 0.3) is 0 Å². The molecule has 0 radical (unpaired) electrons. The molecule has 27 heavy (non-hydrogen) atoms. The number of rotatable bonds is 7. The Morgan fingerprint density at radius 3 is 2.59 bits per heavy atom. The third-order valence-electron chi connectivity index (χ3n) is 4.83. The minimum atomic E-state index is -0.122. The van der Waals surface area contributed by atoms with Gasteiger partial charge in [-0.15, -0.1) is 0 Å². The maximum Gasteiger partial charge on any atom is 0.309 e. The topological polar surface area (TPSA) is 66.2 Å². The zero-order valence-electron chi connectivity index (χ0n) is 14.9. The second-order valence-corrected chi connectivity index (χ2v) is 6.73. The Morgan fingerprint density at radius 2 is 1.89 bits per heavy atom. The molecule has 138 valence electrons. The predicted molar refractivity (Wildman–Crippen MR) is 98.8 cm³/mol. The van der Waals surface area contributed by atoms with Gasteiger partial charge in [-0.1, -0.05) is 18.2 Å². The number of carbonyl (C=O) groups is 1. The lowest BCUT2D eigenvalue weighted by atomic mass is 9.80. The van der Waals surface area contributed by atoms with Crippen LogP contribution >= 0.6 is 0 Å². The van der Waals surface area contributed by atoms with E-state index in [2.05, 4.69) is 9.97 Å². The lowest BCUT2D eigenvalue weighted by Gasteiger charge is -2.34. The van der Waals surface area contributed by atoms with Crippen LogP contribution < -0.4 is 4.74 Å². The molecule has 3 aromatic rings. The van der Waals surface area contributed by atoms with E-state index in [9.17, 15) is 4.79 Å². The summed E-state index contributed by atoms with van der Waals surface area (Å²) in [5.41, 5.74) is 1.97. The van der Waals surface area contributed by atoms with Gasteiger partial charge in [0.2, 0.25) is 0 Å². The minimum Gasteiger partial charge on any atom is -0.489 e. The molecular weight excluding hydrogens is 342 g/mol. The Hall–Kier alpha value is -3.15. The van der Waals surface area contributed by atoms with Crippen molar-refractivity contribution >= 4 is 5.97 Å². The lowest BCUT2D eigenvalue weighted by Crippen LogP contribution is -2.33. The first-order valence-corrected chi connectivity index (χ1v) is 9.02. The van der Waals surface area contributed by atoms with Gasteiger partial charge >= 0.3 is 5.97 Å². The van der Waals surface area contributed by atoms with Gasteiger partial charge < -0.3 is 14.0 Å². The minimum absolute atomic E-state index is 0.0144. The van der Waals surface area contributed by atoms with E-state index in [0.29, 0.717) is 12.6 Å². The smallest absolute Gasteiger partial charge is 0.309 e. The van der Waals surface area contributed by atoms with E-state index < -0.39 is 0 Å². The van der Waals surface area contributed by atoms with Crippen LogP contribution in [0.25, 0.3) is 0 Å². The van der Waals surface area contributed by atoms with Crippen LogP contribution in [-0.2, 0) is 22.7 Å². The number of ether oxygens (including phenoxy) is 2. The van der Waals surface area contributed by atoms with Crippen LogP contribution in [0, 0.1) is 5.92 Å². The monoisotopic (exact) mass is 363 g/mol. The van der Waals surface area contributed by atoms with E-state index >= 15 is 0 Å². The highest BCUT2D eigenvalue weighted by Crippen LogP contribution is 2.38. The fraction of sp³-hybridized carbons (Fsp3) is 0.286. The van der Waals surface area contributed by atoms with E-state index in [1.54, 1.807) is 24.9 Å². The van der Waals surface area contributed by atoms with E-state index in [0.717, 1.165) is 29.7 Å². The molecule has 6 nitrogen and oxygen atoms in total. The molecule has 2 aromatic heterocycles. The molecule has 0 unspecified atom stereocenters. The number of nitrogens with zero attached hydrogens (tertiary/aromatic N) is 3. The standard InChI is InChI=1S/C21H21N3O3/c25-21(18-10-19(11-18)24-9-8-23-15-24)27-13-16-3-5-20(6-4-16)26-14-17-2-1-7-22-12-17/h1-9,12,15,18-19H,10-11,13-14H2. The average Bonchev–Trinajstić information content (AvgIpc) is 3.19. The molecule has 1 aliphatic rings. The van der Waals surface area contributed by atoms with Crippen molar-refractivity contribution in [1.29, 1.82) is 0 Å². The van der Waals surface area contributed by atoms with Crippen molar-refractivity contribution in [1.82, 2.24) is 14.5 Å². The third-order valence-corrected chi connectivity index (χ3v) is 4.83. The Morgan fingerprint density at radius 1 is 1.04 bits per heavy atom. The zero-order chi connectivity index (χ0) is 18.5. The molecule has 0 N–H and O–H groups in total. The van der Waals surface area contributed by atoms with Crippen LogP contribution in [0.5, 0.6) is 5.75 Å². The van der Waals surface area contributed by atoms with Crippen molar-refractivity contribution in [3.8, 4) is 5.75 Å². The third kappa shape index (κ3) is 4.34. The average molecular weight is 363 g/mol. The highest BCUT2D eigenvalue weighted by atomic mass is 16.5. The van der Waals surface area contributed by atoms with E-state index in [1.165, 1.54) is 0 Å². The van der Waals surface area contributed by atoms with Gasteiger partial charge in [0, 0.05) is 36.4 Å². The van der Waals surface area contributed by atoms with Crippen molar-refractivity contribution in [2.45, 2.75) is 32.1 Å². The summed E-state index contributed by atoms with van der Waals surface area (Å²) in [5, 5.41) is 0. The Balaban J connectivity index is 1.20. The molecule has 1 fully saturated rings. The molecule has 1 aliphatic carbocycles. The SMILES string of the molecule is O=C(OCc1ccc(OCc2cccnc2)cc1)C1CC(n2ccnc2)C1. The van der Waals surface area contributed by atoms with Gasteiger partial charge in [-0.2, -0.15) is 0 Å². The first-order valence-electron chi connectivity index (χ1n) is 9.02. The quantitative estimate of drug-likeness (QED) is 0.601. The number of aromatic nitrogens is 3. The Labute approximate surface area is 157 Å². The van der Waals surface area contributed by atoms with Crippen molar-refractivity contribution in [2.24, 2.45) is 5.92 Å². The molecule has 1 aromatic carbocycles. The molecular formula is C21H21N3O3. The van der Waals surface area contributed by atoms with Gasteiger partial charge in [-0.25, -0.2) is 4.98 Å². The molecule has 0 bridgehead atoms. The van der Waals surface area contributed by atoms with Crippen molar-refractivity contribution in [3.05, 3.63) is 78.6 Å². The molecule has 1 saturated carbocycles. The van der Waals surface area contributed by atoms with Crippen LogP contribution in [-0.4, -0.2) is 20.5 Å². The second kappa shape index (κ2) is 8.03. The number of imidazole rings is 1. The maximum atomic E-state index is 12.2. The van der Waals surface area contributed by atoms with Crippen LogP contribution in [0.15, 0.2) is 67.5 Å².